The van der Waals surface area contributed by atoms with Crippen molar-refractivity contribution in [3.05, 3.63) is 66.2 Å². The van der Waals surface area contributed by atoms with Crippen molar-refractivity contribution in [2.75, 3.05) is 13.2 Å². The van der Waals surface area contributed by atoms with Crippen LogP contribution in [0.5, 0.6) is 11.8 Å². The molecule has 3 heterocycles. The van der Waals surface area contributed by atoms with Crippen molar-refractivity contribution < 1.29 is 22.6 Å². The number of aromatic nitrogens is 4. The Bertz CT molecular complexity index is 1130. The molecule has 4 atom stereocenters. The average Bonchev–Trinajstić information content (AvgIpc) is 3.47. The standard InChI is InChI=1S/C20H21N5O5S/c26-31(27,13-14-7-3-1-4-8-14)22-16-11-28-19-17(12-29-18(16)19)25-20(21-23-24-25)30-15-9-5-2-6-10-15/h1-10,16-19,22H,11-13H2/t16-,17+,18-,19+/m1/s1. The minimum atomic E-state index is -3.56. The van der Waals surface area contributed by atoms with Crippen molar-refractivity contribution >= 4 is 10.0 Å². The highest BCUT2D eigenvalue weighted by Gasteiger charge is 2.50. The highest BCUT2D eigenvalue weighted by atomic mass is 32.2. The van der Waals surface area contributed by atoms with E-state index in [9.17, 15) is 8.42 Å². The number of nitrogens with zero attached hydrogens (tertiary/aromatic N) is 4. The average molecular weight is 443 g/mol. The maximum Gasteiger partial charge on any atom is 0.341 e. The van der Waals surface area contributed by atoms with Gasteiger partial charge in [-0.1, -0.05) is 53.6 Å². The number of rotatable bonds is 7. The molecule has 162 valence electrons. The predicted molar refractivity (Wildman–Crippen MR) is 109 cm³/mol. The molecule has 2 saturated heterocycles. The number of hydrogen-bond acceptors (Lipinski definition) is 8. The van der Waals surface area contributed by atoms with Gasteiger partial charge >= 0.3 is 6.01 Å². The molecule has 1 N–H and O–H groups in total. The van der Waals surface area contributed by atoms with Gasteiger partial charge in [0.25, 0.3) is 0 Å². The monoisotopic (exact) mass is 443 g/mol. The lowest BCUT2D eigenvalue weighted by molar-refractivity contribution is 0.0615. The number of nitrogens with one attached hydrogen (secondary N) is 1. The van der Waals surface area contributed by atoms with Crippen LogP contribution in [0.15, 0.2) is 60.7 Å². The largest absolute Gasteiger partial charge is 0.423 e. The molecule has 0 spiro atoms. The van der Waals surface area contributed by atoms with Crippen LogP contribution in [-0.4, -0.2) is 60.1 Å². The molecule has 11 heteroatoms. The first-order valence-corrected chi connectivity index (χ1v) is 11.5. The van der Waals surface area contributed by atoms with Gasteiger partial charge in [0.2, 0.25) is 10.0 Å². The Kier molecular flexibility index (Phi) is 5.40. The van der Waals surface area contributed by atoms with Gasteiger partial charge in [-0.2, -0.15) is 4.68 Å². The lowest BCUT2D eigenvalue weighted by Crippen LogP contribution is -2.44. The number of para-hydroxylation sites is 1. The summed E-state index contributed by atoms with van der Waals surface area (Å²) in [6, 6.07) is 17.6. The van der Waals surface area contributed by atoms with E-state index in [1.807, 2.05) is 36.4 Å². The van der Waals surface area contributed by atoms with E-state index in [0.717, 1.165) is 0 Å². The summed E-state index contributed by atoms with van der Waals surface area (Å²) in [5.74, 6) is 0.501. The van der Waals surface area contributed by atoms with Crippen molar-refractivity contribution in [3.8, 4) is 11.8 Å². The molecule has 2 fully saturated rings. The van der Waals surface area contributed by atoms with Gasteiger partial charge in [-0.25, -0.2) is 13.1 Å². The van der Waals surface area contributed by atoms with Crippen LogP contribution in [0.1, 0.15) is 11.6 Å². The lowest BCUT2D eigenvalue weighted by Gasteiger charge is -2.18. The molecule has 3 aromatic rings. The normalized spacial score (nSPS) is 25.4. The minimum absolute atomic E-state index is 0.104. The van der Waals surface area contributed by atoms with Gasteiger partial charge in [-0.15, -0.1) is 0 Å². The third kappa shape index (κ3) is 4.30. The van der Waals surface area contributed by atoms with E-state index in [1.54, 1.807) is 24.3 Å². The number of benzene rings is 2. The van der Waals surface area contributed by atoms with E-state index >= 15 is 0 Å². The molecule has 0 radical (unpaired) electrons. The first kappa shape index (κ1) is 20.1. The zero-order chi connectivity index (χ0) is 21.3. The number of tetrazole rings is 1. The van der Waals surface area contributed by atoms with Crippen LogP contribution in [-0.2, 0) is 25.2 Å². The van der Waals surface area contributed by atoms with Crippen LogP contribution in [0.2, 0.25) is 0 Å². The van der Waals surface area contributed by atoms with E-state index < -0.39 is 28.3 Å². The Morgan fingerprint density at radius 2 is 1.71 bits per heavy atom. The summed E-state index contributed by atoms with van der Waals surface area (Å²) in [7, 11) is -3.56. The van der Waals surface area contributed by atoms with Crippen LogP contribution >= 0.6 is 0 Å². The molecule has 2 aliphatic rings. The van der Waals surface area contributed by atoms with Gasteiger partial charge in [-0.3, -0.25) is 0 Å². The Hall–Kier alpha value is -2.86. The Labute approximate surface area is 179 Å². The topological polar surface area (TPSA) is 117 Å². The van der Waals surface area contributed by atoms with Crippen LogP contribution < -0.4 is 9.46 Å². The fraction of sp³-hybridized carbons (Fsp3) is 0.350. The van der Waals surface area contributed by atoms with Crippen LogP contribution in [0, 0.1) is 0 Å². The summed E-state index contributed by atoms with van der Waals surface area (Å²) < 4.78 is 47.1. The molecule has 0 amide bonds. The smallest absolute Gasteiger partial charge is 0.341 e. The second-order valence-corrected chi connectivity index (χ2v) is 9.21. The summed E-state index contributed by atoms with van der Waals surface area (Å²) in [6.07, 6.45) is -0.838. The first-order chi connectivity index (χ1) is 15.1. The van der Waals surface area contributed by atoms with E-state index in [1.165, 1.54) is 4.68 Å². The van der Waals surface area contributed by atoms with Gasteiger partial charge in [0, 0.05) is 0 Å². The Balaban J connectivity index is 1.27. The summed E-state index contributed by atoms with van der Waals surface area (Å²) in [5, 5.41) is 11.7. The molecular weight excluding hydrogens is 422 g/mol. The lowest BCUT2D eigenvalue weighted by atomic mass is 10.1. The molecule has 5 rings (SSSR count). The first-order valence-electron chi connectivity index (χ1n) is 9.87. The molecule has 0 aliphatic carbocycles. The van der Waals surface area contributed by atoms with Crippen molar-refractivity contribution in [1.29, 1.82) is 0 Å². The van der Waals surface area contributed by atoms with E-state index in [-0.39, 0.29) is 31.0 Å². The maximum absolute atomic E-state index is 12.6. The molecule has 0 bridgehead atoms. The van der Waals surface area contributed by atoms with Gasteiger partial charge < -0.3 is 14.2 Å². The molecule has 2 aromatic carbocycles. The highest BCUT2D eigenvalue weighted by molar-refractivity contribution is 7.88. The SMILES string of the molecule is O=S(=O)(Cc1ccccc1)N[C@@H]1CO[C@@H]2[C@@H]1OC[C@@H]2n1nnnc1Oc1ccccc1. The van der Waals surface area contributed by atoms with Crippen molar-refractivity contribution in [1.82, 2.24) is 24.9 Å². The van der Waals surface area contributed by atoms with Gasteiger partial charge in [-0.05, 0) is 28.1 Å². The molecule has 0 saturated carbocycles. The third-order valence-electron chi connectivity index (χ3n) is 5.29. The fourth-order valence-electron chi connectivity index (χ4n) is 3.91. The highest BCUT2D eigenvalue weighted by Crippen LogP contribution is 2.36. The summed E-state index contributed by atoms with van der Waals surface area (Å²) in [5.41, 5.74) is 0.715. The fourth-order valence-corrected chi connectivity index (χ4v) is 5.29. The second-order valence-electron chi connectivity index (χ2n) is 7.45. The van der Waals surface area contributed by atoms with E-state index in [2.05, 4.69) is 20.2 Å². The van der Waals surface area contributed by atoms with Gasteiger partial charge in [0.1, 0.15) is 24.0 Å². The van der Waals surface area contributed by atoms with Crippen LogP contribution in [0.3, 0.4) is 0 Å². The van der Waals surface area contributed by atoms with Crippen molar-refractivity contribution in [2.45, 2.75) is 30.0 Å². The Morgan fingerprint density at radius 3 is 2.48 bits per heavy atom. The van der Waals surface area contributed by atoms with E-state index in [4.69, 9.17) is 14.2 Å². The molecular formula is C20H21N5O5S. The van der Waals surface area contributed by atoms with Crippen molar-refractivity contribution in [2.24, 2.45) is 0 Å². The molecule has 0 unspecified atom stereocenters. The number of hydrogen-bond donors (Lipinski definition) is 1. The van der Waals surface area contributed by atoms with Crippen LogP contribution in [0.25, 0.3) is 0 Å². The second kappa shape index (κ2) is 8.35. The molecule has 10 nitrogen and oxygen atoms in total. The quantitative estimate of drug-likeness (QED) is 0.581. The Morgan fingerprint density at radius 1 is 1.00 bits per heavy atom. The summed E-state index contributed by atoms with van der Waals surface area (Å²) in [4.78, 5) is 0. The summed E-state index contributed by atoms with van der Waals surface area (Å²) in [6.45, 7) is 0.485. The molecule has 31 heavy (non-hydrogen) atoms. The van der Waals surface area contributed by atoms with Gasteiger partial charge in [0.05, 0.1) is 25.0 Å². The summed E-state index contributed by atoms with van der Waals surface area (Å²) >= 11 is 0. The number of fused-ring (bicyclic) bond motifs is 1. The molecule has 1 aromatic heterocycles. The van der Waals surface area contributed by atoms with E-state index in [0.29, 0.717) is 11.3 Å². The third-order valence-corrected chi connectivity index (χ3v) is 6.66. The predicted octanol–water partition coefficient (Wildman–Crippen LogP) is 1.29. The van der Waals surface area contributed by atoms with Gasteiger partial charge in [0.15, 0.2) is 0 Å². The number of ether oxygens (including phenoxy) is 3. The minimum Gasteiger partial charge on any atom is -0.423 e. The van der Waals surface area contributed by atoms with Crippen molar-refractivity contribution in [3.63, 3.8) is 0 Å². The molecule has 2 aliphatic heterocycles. The van der Waals surface area contributed by atoms with Crippen LogP contribution in [0.4, 0.5) is 0 Å². The number of sulfonamides is 1. The zero-order valence-electron chi connectivity index (χ0n) is 16.4. The maximum atomic E-state index is 12.6. The zero-order valence-corrected chi connectivity index (χ0v) is 17.3.